The molecule has 1 aliphatic heterocycles. The first-order valence-electron chi connectivity index (χ1n) is 11.3. The van der Waals surface area contributed by atoms with Crippen molar-refractivity contribution >= 4 is 21.6 Å². The zero-order valence-electron chi connectivity index (χ0n) is 19.4. The Labute approximate surface area is 195 Å². The number of carbonyl (C=O) groups is 1. The van der Waals surface area contributed by atoms with E-state index in [9.17, 15) is 13.2 Å². The fourth-order valence-corrected chi connectivity index (χ4v) is 5.29. The van der Waals surface area contributed by atoms with Crippen molar-refractivity contribution in [2.75, 3.05) is 38.7 Å². The Hall–Kier alpha value is -2.78. The fourth-order valence-electron chi connectivity index (χ4n) is 3.74. The molecule has 0 spiro atoms. The predicted octanol–water partition coefficient (Wildman–Crippen LogP) is 3.85. The summed E-state index contributed by atoms with van der Waals surface area (Å²) in [6.45, 7) is 5.90. The van der Waals surface area contributed by atoms with Crippen LogP contribution in [0, 0.1) is 0 Å². The highest BCUT2D eigenvalue weighted by Crippen LogP contribution is 2.31. The van der Waals surface area contributed by atoms with Crippen LogP contribution >= 0.6 is 0 Å². The number of benzene rings is 2. The number of hydrogen-bond acceptors (Lipinski definition) is 6. The molecule has 0 aromatic heterocycles. The highest BCUT2D eigenvalue weighted by molar-refractivity contribution is 7.89. The maximum Gasteiger partial charge on any atom is 0.243 e. The maximum atomic E-state index is 12.9. The minimum absolute atomic E-state index is 0.147. The number of ether oxygens (including phenoxy) is 3. The van der Waals surface area contributed by atoms with E-state index in [1.54, 1.807) is 6.07 Å². The van der Waals surface area contributed by atoms with Gasteiger partial charge in [-0.3, -0.25) is 4.79 Å². The molecule has 33 heavy (non-hydrogen) atoms. The van der Waals surface area contributed by atoms with Crippen LogP contribution in [-0.2, 0) is 21.2 Å². The number of nitrogens with zero attached hydrogens (tertiary/aromatic N) is 1. The van der Waals surface area contributed by atoms with Gasteiger partial charge < -0.3 is 19.5 Å². The van der Waals surface area contributed by atoms with Gasteiger partial charge in [0.1, 0.15) is 5.75 Å². The van der Waals surface area contributed by atoms with E-state index in [0.717, 1.165) is 18.4 Å². The summed E-state index contributed by atoms with van der Waals surface area (Å²) in [5.41, 5.74) is 1.28. The van der Waals surface area contributed by atoms with Gasteiger partial charge in [0.15, 0.2) is 11.5 Å². The summed E-state index contributed by atoms with van der Waals surface area (Å²) >= 11 is 0. The second kappa shape index (κ2) is 11.4. The third-order valence-corrected chi connectivity index (χ3v) is 7.29. The van der Waals surface area contributed by atoms with Gasteiger partial charge in [-0.15, -0.1) is 0 Å². The second-order valence-corrected chi connectivity index (χ2v) is 9.61. The van der Waals surface area contributed by atoms with Gasteiger partial charge in [0, 0.05) is 19.5 Å². The number of hydrogen-bond donors (Lipinski definition) is 1. The Morgan fingerprint density at radius 2 is 1.64 bits per heavy atom. The van der Waals surface area contributed by atoms with Gasteiger partial charge in [-0.05, 0) is 69.0 Å². The van der Waals surface area contributed by atoms with E-state index in [2.05, 4.69) is 5.32 Å². The summed E-state index contributed by atoms with van der Waals surface area (Å²) in [5.74, 6) is 1.49. The number of methoxy groups -OCH3 is 1. The fraction of sp³-hybridized carbons (Fsp3) is 0.458. The first kappa shape index (κ1) is 24.9. The largest absolute Gasteiger partial charge is 0.495 e. The molecule has 180 valence electrons. The first-order valence-corrected chi connectivity index (χ1v) is 12.7. The number of rotatable bonds is 11. The normalized spacial score (nSPS) is 14.2. The third kappa shape index (κ3) is 6.17. The van der Waals surface area contributed by atoms with Crippen molar-refractivity contribution in [2.24, 2.45) is 0 Å². The monoisotopic (exact) mass is 476 g/mol. The van der Waals surface area contributed by atoms with Gasteiger partial charge in [-0.1, -0.05) is 6.07 Å². The van der Waals surface area contributed by atoms with Gasteiger partial charge in [-0.25, -0.2) is 8.42 Å². The molecule has 0 atom stereocenters. The number of nitrogens with one attached hydrogen (secondary N) is 1. The van der Waals surface area contributed by atoms with E-state index < -0.39 is 10.0 Å². The molecule has 0 aliphatic carbocycles. The lowest BCUT2D eigenvalue weighted by Gasteiger charge is -2.17. The second-order valence-electron chi connectivity index (χ2n) is 7.67. The Morgan fingerprint density at radius 1 is 0.970 bits per heavy atom. The highest BCUT2D eigenvalue weighted by atomic mass is 32.2. The van der Waals surface area contributed by atoms with Crippen LogP contribution in [0.15, 0.2) is 41.3 Å². The van der Waals surface area contributed by atoms with E-state index >= 15 is 0 Å². The van der Waals surface area contributed by atoms with Crippen LogP contribution in [0.4, 0.5) is 5.69 Å². The summed E-state index contributed by atoms with van der Waals surface area (Å²) in [4.78, 5) is 12.8. The molecule has 1 saturated heterocycles. The number of aryl methyl sites for hydroxylation is 1. The Morgan fingerprint density at radius 3 is 2.30 bits per heavy atom. The maximum absolute atomic E-state index is 12.9. The topological polar surface area (TPSA) is 94.2 Å². The lowest BCUT2D eigenvalue weighted by Crippen LogP contribution is -2.28. The molecule has 2 aromatic rings. The van der Waals surface area contributed by atoms with Crippen LogP contribution in [0.2, 0.25) is 0 Å². The molecule has 0 bridgehead atoms. The van der Waals surface area contributed by atoms with Crippen LogP contribution in [0.3, 0.4) is 0 Å². The predicted molar refractivity (Wildman–Crippen MR) is 127 cm³/mol. The Kier molecular flexibility index (Phi) is 8.57. The summed E-state index contributed by atoms with van der Waals surface area (Å²) in [5, 5.41) is 2.80. The lowest BCUT2D eigenvalue weighted by molar-refractivity contribution is -0.116. The summed E-state index contributed by atoms with van der Waals surface area (Å²) in [7, 11) is -2.11. The van der Waals surface area contributed by atoms with Crippen LogP contribution < -0.4 is 19.5 Å². The molecule has 1 amide bonds. The number of sulfonamides is 1. The number of anilines is 1. The van der Waals surface area contributed by atoms with Gasteiger partial charge in [0.25, 0.3) is 0 Å². The molecule has 0 saturated carbocycles. The molecule has 1 heterocycles. The molecule has 0 unspecified atom stereocenters. The molecular weight excluding hydrogens is 444 g/mol. The number of carbonyl (C=O) groups excluding carboxylic acids is 1. The van der Waals surface area contributed by atoms with Crippen molar-refractivity contribution in [3.63, 3.8) is 0 Å². The van der Waals surface area contributed by atoms with E-state index in [1.807, 2.05) is 32.0 Å². The average molecular weight is 477 g/mol. The van der Waals surface area contributed by atoms with Gasteiger partial charge >= 0.3 is 0 Å². The molecule has 8 nitrogen and oxygen atoms in total. The molecule has 3 rings (SSSR count). The van der Waals surface area contributed by atoms with E-state index in [1.165, 1.54) is 23.5 Å². The molecule has 2 aromatic carbocycles. The minimum Gasteiger partial charge on any atom is -0.495 e. The SMILES string of the molecule is CCOc1ccc(CCC(=O)Nc2cc(S(=O)(=O)N3CCCC3)ccc2OC)cc1OCC. The van der Waals surface area contributed by atoms with Gasteiger partial charge in [-0.2, -0.15) is 4.31 Å². The third-order valence-electron chi connectivity index (χ3n) is 5.40. The molecule has 1 N–H and O–H groups in total. The van der Waals surface area contributed by atoms with Crippen molar-refractivity contribution in [2.45, 2.75) is 44.4 Å². The standard InChI is InChI=1S/C24H32N2O6S/c1-4-31-22-11-8-18(16-23(22)32-5-2)9-13-24(27)25-20-17-19(10-12-21(20)30-3)33(28,29)26-14-6-7-15-26/h8,10-12,16-17H,4-7,9,13-15H2,1-3H3,(H,25,27). The molecule has 1 aliphatic rings. The van der Waals surface area contributed by atoms with Crippen molar-refractivity contribution < 1.29 is 27.4 Å². The average Bonchev–Trinajstić information content (AvgIpc) is 3.35. The zero-order chi connectivity index (χ0) is 23.8. The summed E-state index contributed by atoms with van der Waals surface area (Å²) in [6.07, 6.45) is 2.42. The molecule has 9 heteroatoms. The van der Waals surface area contributed by atoms with Crippen LogP contribution in [-0.4, -0.2) is 52.0 Å². The minimum atomic E-state index is -3.60. The summed E-state index contributed by atoms with van der Waals surface area (Å²) in [6, 6.07) is 10.2. The van der Waals surface area contributed by atoms with Crippen molar-refractivity contribution in [3.05, 3.63) is 42.0 Å². The lowest BCUT2D eigenvalue weighted by atomic mass is 10.1. The van der Waals surface area contributed by atoms with E-state index in [-0.39, 0.29) is 17.2 Å². The Balaban J connectivity index is 1.70. The molecule has 0 radical (unpaired) electrons. The Bertz CT molecular complexity index is 1060. The van der Waals surface area contributed by atoms with Crippen LogP contribution in [0.25, 0.3) is 0 Å². The molecule has 1 fully saturated rings. The zero-order valence-corrected chi connectivity index (χ0v) is 20.2. The van der Waals surface area contributed by atoms with Gasteiger partial charge in [0.2, 0.25) is 15.9 Å². The van der Waals surface area contributed by atoms with Gasteiger partial charge in [0.05, 0.1) is 30.9 Å². The van der Waals surface area contributed by atoms with E-state index in [0.29, 0.717) is 55.7 Å². The van der Waals surface area contributed by atoms with Crippen molar-refractivity contribution in [1.29, 1.82) is 0 Å². The van der Waals surface area contributed by atoms with Crippen molar-refractivity contribution in [1.82, 2.24) is 4.31 Å². The number of amides is 1. The van der Waals surface area contributed by atoms with E-state index in [4.69, 9.17) is 14.2 Å². The van der Waals surface area contributed by atoms with Crippen molar-refractivity contribution in [3.8, 4) is 17.2 Å². The quantitative estimate of drug-likeness (QED) is 0.529. The molecular formula is C24H32N2O6S. The summed E-state index contributed by atoms with van der Waals surface area (Å²) < 4.78 is 43.8. The smallest absolute Gasteiger partial charge is 0.243 e. The highest BCUT2D eigenvalue weighted by Gasteiger charge is 2.28. The van der Waals surface area contributed by atoms with Crippen LogP contribution in [0.1, 0.15) is 38.7 Å². The first-order chi connectivity index (χ1) is 15.9. The van der Waals surface area contributed by atoms with Crippen LogP contribution in [0.5, 0.6) is 17.2 Å².